The smallest absolute Gasteiger partial charge is 0.248 e. The molecule has 0 aromatic carbocycles. The van der Waals surface area contributed by atoms with Crippen molar-refractivity contribution in [2.24, 2.45) is 0 Å². The van der Waals surface area contributed by atoms with Crippen LogP contribution in [0.4, 0.5) is 14.6 Å². The third-order valence-electron chi connectivity index (χ3n) is 4.04. The van der Waals surface area contributed by atoms with Crippen LogP contribution in [0.5, 0.6) is 0 Å². The van der Waals surface area contributed by atoms with Crippen molar-refractivity contribution in [3.05, 3.63) is 29.4 Å². The molecule has 1 N–H and O–H groups in total. The molecule has 0 amide bonds. The fraction of sp³-hybridized carbons (Fsp3) is 0.471. The molecule has 24 heavy (non-hydrogen) atoms. The second kappa shape index (κ2) is 6.55. The zero-order valence-electron chi connectivity index (χ0n) is 13.8. The van der Waals surface area contributed by atoms with Gasteiger partial charge in [0.15, 0.2) is 10.8 Å². The van der Waals surface area contributed by atoms with E-state index in [2.05, 4.69) is 26.8 Å². The molecule has 0 spiro atoms. The van der Waals surface area contributed by atoms with Gasteiger partial charge < -0.3 is 5.32 Å². The number of rotatable bonds is 4. The van der Waals surface area contributed by atoms with Gasteiger partial charge in [-0.05, 0) is 32.3 Å². The molecule has 1 fully saturated rings. The molecule has 2 aromatic heterocycles. The van der Waals surface area contributed by atoms with E-state index in [0.29, 0.717) is 24.5 Å². The number of halogens is 2. The van der Waals surface area contributed by atoms with Crippen LogP contribution in [-0.4, -0.2) is 26.9 Å². The molecular weight excluding hydrogens is 330 g/mol. The Bertz CT molecular complexity index is 747. The highest BCUT2D eigenvalue weighted by molar-refractivity contribution is 7.13. The van der Waals surface area contributed by atoms with Crippen molar-refractivity contribution in [3.63, 3.8) is 0 Å². The molecule has 128 valence electrons. The van der Waals surface area contributed by atoms with Gasteiger partial charge in [-0.25, -0.2) is 23.7 Å². The van der Waals surface area contributed by atoms with Crippen LogP contribution >= 0.6 is 11.3 Å². The number of aryl methyl sites for hydroxylation is 1. The number of alkyl halides is 2. The molecule has 0 radical (unpaired) electrons. The van der Waals surface area contributed by atoms with Crippen molar-refractivity contribution in [2.75, 3.05) is 5.32 Å². The molecule has 2 heterocycles. The fourth-order valence-corrected chi connectivity index (χ4v) is 3.41. The normalized spacial score (nSPS) is 17.7. The SMILES string of the molecule is C=C(C)c1cc(NC2CCC(F)(F)CC2)nc(-c2nc(C)cs2)n1. The molecule has 0 saturated heterocycles. The first-order chi connectivity index (χ1) is 11.3. The molecule has 0 bridgehead atoms. The summed E-state index contributed by atoms with van der Waals surface area (Å²) >= 11 is 1.48. The van der Waals surface area contributed by atoms with Crippen LogP contribution in [0.25, 0.3) is 16.4 Å². The summed E-state index contributed by atoms with van der Waals surface area (Å²) in [6, 6.07) is 1.82. The predicted octanol–water partition coefficient (Wildman–Crippen LogP) is 4.93. The number of hydrogen-bond acceptors (Lipinski definition) is 5. The van der Waals surface area contributed by atoms with E-state index in [1.807, 2.05) is 25.3 Å². The van der Waals surface area contributed by atoms with Gasteiger partial charge in [0.2, 0.25) is 5.92 Å². The second-order valence-corrected chi connectivity index (χ2v) is 7.17. The van der Waals surface area contributed by atoms with Crippen LogP contribution in [0.1, 0.15) is 44.0 Å². The summed E-state index contributed by atoms with van der Waals surface area (Å²) in [6.07, 6.45) is 0.708. The highest BCUT2D eigenvalue weighted by Crippen LogP contribution is 2.34. The first kappa shape index (κ1) is 17.0. The molecule has 7 heteroatoms. The number of nitrogens with one attached hydrogen (secondary N) is 1. The largest absolute Gasteiger partial charge is 0.367 e. The van der Waals surface area contributed by atoms with Crippen LogP contribution in [-0.2, 0) is 0 Å². The maximum absolute atomic E-state index is 13.3. The lowest BCUT2D eigenvalue weighted by molar-refractivity contribution is -0.0361. The van der Waals surface area contributed by atoms with E-state index in [9.17, 15) is 8.78 Å². The number of aromatic nitrogens is 3. The highest BCUT2D eigenvalue weighted by Gasteiger charge is 2.35. The van der Waals surface area contributed by atoms with Gasteiger partial charge in [-0.1, -0.05) is 6.58 Å². The van der Waals surface area contributed by atoms with E-state index >= 15 is 0 Å². The van der Waals surface area contributed by atoms with Gasteiger partial charge in [0, 0.05) is 36.0 Å². The summed E-state index contributed by atoms with van der Waals surface area (Å²) in [6.45, 7) is 7.74. The number of thiazole rings is 1. The van der Waals surface area contributed by atoms with E-state index < -0.39 is 5.92 Å². The Balaban J connectivity index is 1.84. The Morgan fingerprint density at radius 1 is 1.29 bits per heavy atom. The Hall–Kier alpha value is -1.89. The molecule has 0 unspecified atom stereocenters. The molecule has 2 aromatic rings. The second-order valence-electron chi connectivity index (χ2n) is 6.31. The van der Waals surface area contributed by atoms with E-state index in [-0.39, 0.29) is 18.9 Å². The van der Waals surface area contributed by atoms with Crippen molar-refractivity contribution < 1.29 is 8.78 Å². The van der Waals surface area contributed by atoms with Crippen LogP contribution in [0.15, 0.2) is 18.0 Å². The molecule has 1 saturated carbocycles. The molecular formula is C17H20F2N4S. The van der Waals surface area contributed by atoms with Crippen molar-refractivity contribution in [2.45, 2.75) is 51.5 Å². The maximum atomic E-state index is 13.3. The average Bonchev–Trinajstić information content (AvgIpc) is 2.96. The van der Waals surface area contributed by atoms with Gasteiger partial charge in [-0.15, -0.1) is 11.3 Å². The Morgan fingerprint density at radius 2 is 2.00 bits per heavy atom. The summed E-state index contributed by atoms with van der Waals surface area (Å²) in [7, 11) is 0. The standard InChI is InChI=1S/C17H20F2N4S/c1-10(2)13-8-14(21-12-4-6-17(18,19)7-5-12)23-15(22-13)16-20-11(3)9-24-16/h8-9,12H,1,4-7H2,2-3H3,(H,21,22,23). The summed E-state index contributed by atoms with van der Waals surface area (Å²) in [5, 5.41) is 5.97. The van der Waals surface area contributed by atoms with Gasteiger partial charge in [-0.2, -0.15) is 0 Å². The van der Waals surface area contributed by atoms with E-state index in [4.69, 9.17) is 0 Å². The average molecular weight is 350 g/mol. The monoisotopic (exact) mass is 350 g/mol. The lowest BCUT2D eigenvalue weighted by Gasteiger charge is -2.29. The third-order valence-corrected chi connectivity index (χ3v) is 5.00. The molecule has 0 aliphatic heterocycles. The maximum Gasteiger partial charge on any atom is 0.248 e. The summed E-state index contributed by atoms with van der Waals surface area (Å²) in [5.41, 5.74) is 2.48. The molecule has 3 rings (SSSR count). The summed E-state index contributed by atoms with van der Waals surface area (Å²) in [5.74, 6) is -1.35. The van der Waals surface area contributed by atoms with Crippen molar-refractivity contribution in [1.82, 2.24) is 15.0 Å². The van der Waals surface area contributed by atoms with Crippen molar-refractivity contribution in [3.8, 4) is 10.8 Å². The van der Waals surface area contributed by atoms with Crippen molar-refractivity contribution in [1.29, 1.82) is 0 Å². The number of anilines is 1. The van der Waals surface area contributed by atoms with Gasteiger partial charge in [0.1, 0.15) is 5.82 Å². The molecule has 0 atom stereocenters. The highest BCUT2D eigenvalue weighted by atomic mass is 32.1. The fourth-order valence-electron chi connectivity index (χ4n) is 2.69. The van der Waals surface area contributed by atoms with E-state index in [1.54, 1.807) is 0 Å². The third kappa shape index (κ3) is 3.95. The number of nitrogens with zero attached hydrogens (tertiary/aromatic N) is 3. The van der Waals surface area contributed by atoms with Gasteiger partial charge in [-0.3, -0.25) is 0 Å². The summed E-state index contributed by atoms with van der Waals surface area (Å²) < 4.78 is 26.6. The molecule has 1 aliphatic carbocycles. The van der Waals surface area contributed by atoms with Crippen LogP contribution in [0.3, 0.4) is 0 Å². The van der Waals surface area contributed by atoms with Crippen molar-refractivity contribution >= 4 is 22.7 Å². The minimum Gasteiger partial charge on any atom is -0.367 e. The Kier molecular flexibility index (Phi) is 4.62. The minimum absolute atomic E-state index is 0.00313. The van der Waals surface area contributed by atoms with E-state index in [0.717, 1.165) is 22.0 Å². The first-order valence-electron chi connectivity index (χ1n) is 7.94. The molecule has 4 nitrogen and oxygen atoms in total. The number of hydrogen-bond donors (Lipinski definition) is 1. The van der Waals surface area contributed by atoms with Crippen LogP contribution < -0.4 is 5.32 Å². The molecule has 1 aliphatic rings. The van der Waals surface area contributed by atoms with Crippen LogP contribution in [0.2, 0.25) is 0 Å². The minimum atomic E-state index is -2.53. The topological polar surface area (TPSA) is 50.7 Å². The van der Waals surface area contributed by atoms with Gasteiger partial charge in [0.25, 0.3) is 0 Å². The Labute approximate surface area is 144 Å². The predicted molar refractivity (Wildman–Crippen MR) is 93.4 cm³/mol. The lowest BCUT2D eigenvalue weighted by Crippen LogP contribution is -2.32. The van der Waals surface area contributed by atoms with Crippen LogP contribution in [0, 0.1) is 6.92 Å². The quantitative estimate of drug-likeness (QED) is 0.849. The number of allylic oxidation sites excluding steroid dienone is 1. The summed E-state index contributed by atoms with van der Waals surface area (Å²) in [4.78, 5) is 13.5. The first-order valence-corrected chi connectivity index (χ1v) is 8.82. The van der Waals surface area contributed by atoms with Gasteiger partial charge in [0.05, 0.1) is 5.69 Å². The Morgan fingerprint density at radius 3 is 2.58 bits per heavy atom. The lowest BCUT2D eigenvalue weighted by atomic mass is 9.92. The van der Waals surface area contributed by atoms with E-state index in [1.165, 1.54) is 11.3 Å². The zero-order valence-corrected chi connectivity index (χ0v) is 14.6. The zero-order chi connectivity index (χ0) is 17.3. The van der Waals surface area contributed by atoms with Gasteiger partial charge >= 0.3 is 0 Å².